The van der Waals surface area contributed by atoms with Gasteiger partial charge in [0.15, 0.2) is 0 Å². The minimum Gasteiger partial charge on any atom is -0.453 e. The highest BCUT2D eigenvalue weighted by atomic mass is 16.6. The molecule has 4 heterocycles. The highest BCUT2D eigenvalue weighted by Gasteiger charge is 2.54. The monoisotopic (exact) mass is 635 g/mol. The highest BCUT2D eigenvalue weighted by Crippen LogP contribution is 2.58. The molecule has 47 heavy (non-hydrogen) atoms. The van der Waals surface area contributed by atoms with Crippen molar-refractivity contribution in [2.75, 3.05) is 19.0 Å². The fraction of sp³-hybridized carbons (Fsp3) is 0.514. The van der Waals surface area contributed by atoms with Gasteiger partial charge >= 0.3 is 6.09 Å². The lowest BCUT2D eigenvalue weighted by Crippen LogP contribution is -2.46. The Morgan fingerprint density at radius 3 is 2.53 bits per heavy atom. The molecule has 3 N–H and O–H groups in total. The van der Waals surface area contributed by atoms with Crippen molar-refractivity contribution in [2.24, 2.45) is 5.92 Å². The molecule has 2 aromatic heterocycles. The van der Waals surface area contributed by atoms with Crippen LogP contribution >= 0.6 is 0 Å². The Balaban J connectivity index is 0.970. The minimum atomic E-state index is -0.408. The number of carbonyl (C=O) groups excluding carboxylic acids is 1. The summed E-state index contributed by atoms with van der Waals surface area (Å²) in [5, 5.41) is 7.58. The number of anilines is 2. The predicted molar refractivity (Wildman–Crippen MR) is 180 cm³/mol. The van der Waals surface area contributed by atoms with E-state index >= 15 is 0 Å². The minimum absolute atomic E-state index is 0.0143. The number of aromatic nitrogens is 4. The molecule has 9 rings (SSSR count). The number of hydrogen-bond donors (Lipinski definition) is 3. The SMILES string of the molecule is COC(=O)N[C@@H](C(C)C)C1OC1N1CCC[C@H]1c1ncc(C23CCC(c4ccc5ncnc(Nc6ccccc6)c5c4)(CC2)CC3)[nH]1. The molecule has 10 nitrogen and oxygen atoms in total. The third-order valence-electron chi connectivity index (χ3n) is 11.7. The van der Waals surface area contributed by atoms with Gasteiger partial charge in [0.25, 0.3) is 0 Å². The van der Waals surface area contributed by atoms with Gasteiger partial charge in [-0.2, -0.15) is 0 Å². The summed E-state index contributed by atoms with van der Waals surface area (Å²) in [6, 6.07) is 17.1. The number of hydrogen-bond acceptors (Lipinski definition) is 8. The standard InChI is InChI=1S/C37H45N7O3/c1-23(2)30(43-35(45)46-3)31-34(47-31)44-19-7-10-28(44)33-38-21-29(42-33)37-16-13-36(14-17-37,15-18-37)24-11-12-27-26(20-24)32(40-22-39-27)41-25-8-5-4-6-9-25/h4-6,8-9,11-12,20-23,28,30-31,34H,7,10,13-19H2,1-3H3,(H,38,42)(H,43,45)(H,39,40,41)/t28-,30-,31?,34?,36?,37?/m0/s1. The summed E-state index contributed by atoms with van der Waals surface area (Å²) in [5.41, 5.74) is 5.04. The van der Waals surface area contributed by atoms with Gasteiger partial charge in [-0.25, -0.2) is 19.7 Å². The van der Waals surface area contributed by atoms with Crippen molar-refractivity contribution in [3.05, 3.63) is 78.1 Å². The zero-order valence-corrected chi connectivity index (χ0v) is 27.5. The normalized spacial score (nSPS) is 29.2. The lowest BCUT2D eigenvalue weighted by Gasteiger charge is -2.53. The van der Waals surface area contributed by atoms with Gasteiger partial charge in [-0.05, 0) is 92.5 Å². The smallest absolute Gasteiger partial charge is 0.407 e. The molecule has 2 saturated heterocycles. The number of para-hydroxylation sites is 1. The van der Waals surface area contributed by atoms with Crippen molar-refractivity contribution >= 4 is 28.5 Å². The number of amides is 1. The van der Waals surface area contributed by atoms with Crippen LogP contribution in [0, 0.1) is 5.92 Å². The summed E-state index contributed by atoms with van der Waals surface area (Å²) in [5.74, 6) is 2.15. The number of ether oxygens (including phenoxy) is 2. The predicted octanol–water partition coefficient (Wildman–Crippen LogP) is 6.88. The molecular weight excluding hydrogens is 590 g/mol. The van der Waals surface area contributed by atoms with Gasteiger partial charge in [0.2, 0.25) is 0 Å². The molecule has 5 fully saturated rings. The van der Waals surface area contributed by atoms with E-state index in [1.54, 1.807) is 6.33 Å². The molecule has 2 unspecified atom stereocenters. The van der Waals surface area contributed by atoms with Gasteiger partial charge in [-0.1, -0.05) is 38.1 Å². The quantitative estimate of drug-likeness (QED) is 0.170. The van der Waals surface area contributed by atoms with E-state index in [0.29, 0.717) is 0 Å². The lowest BCUT2D eigenvalue weighted by molar-refractivity contribution is 0.0987. The maximum atomic E-state index is 12.0. The Morgan fingerprint density at radius 2 is 1.79 bits per heavy atom. The second-order valence-electron chi connectivity index (χ2n) is 14.5. The number of alkyl carbamates (subject to hydrolysis) is 1. The topological polar surface area (TPSA) is 121 Å². The van der Waals surface area contributed by atoms with Crippen LogP contribution in [0.4, 0.5) is 16.3 Å². The van der Waals surface area contributed by atoms with Gasteiger partial charge in [0, 0.05) is 34.9 Å². The van der Waals surface area contributed by atoms with Gasteiger partial charge in [-0.3, -0.25) is 4.90 Å². The molecule has 3 saturated carbocycles. The first-order valence-electron chi connectivity index (χ1n) is 17.3. The molecule has 2 aliphatic heterocycles. The van der Waals surface area contributed by atoms with Crippen molar-refractivity contribution in [1.29, 1.82) is 0 Å². The largest absolute Gasteiger partial charge is 0.453 e. The molecule has 5 aliphatic rings. The Morgan fingerprint density at radius 1 is 1.02 bits per heavy atom. The first-order chi connectivity index (χ1) is 22.9. The third kappa shape index (κ3) is 5.45. The van der Waals surface area contributed by atoms with E-state index in [1.807, 2.05) is 18.2 Å². The Labute approximate surface area is 276 Å². The average molecular weight is 636 g/mol. The Kier molecular flexibility index (Phi) is 7.68. The second-order valence-corrected chi connectivity index (χ2v) is 14.5. The number of fused-ring (bicyclic) bond motifs is 4. The van der Waals surface area contributed by atoms with E-state index < -0.39 is 6.09 Å². The molecule has 2 bridgehead atoms. The highest BCUT2D eigenvalue weighted by molar-refractivity contribution is 5.91. The molecular formula is C37H45N7O3. The number of epoxide rings is 1. The summed E-state index contributed by atoms with van der Waals surface area (Å²) in [6.45, 7) is 5.19. The molecule has 0 radical (unpaired) electrons. The van der Waals surface area contributed by atoms with Gasteiger partial charge in [0.05, 0.1) is 24.7 Å². The van der Waals surface area contributed by atoms with Crippen molar-refractivity contribution in [3.8, 4) is 0 Å². The molecule has 0 spiro atoms. The maximum absolute atomic E-state index is 12.0. The summed E-state index contributed by atoms with van der Waals surface area (Å²) in [6.07, 6.45) is 12.4. The van der Waals surface area contributed by atoms with Crippen LogP contribution in [-0.4, -0.2) is 63.0 Å². The molecule has 3 aliphatic carbocycles. The zero-order valence-electron chi connectivity index (χ0n) is 27.5. The van der Waals surface area contributed by atoms with E-state index in [0.717, 1.165) is 66.9 Å². The number of nitrogens with one attached hydrogen (secondary N) is 3. The van der Waals surface area contributed by atoms with Gasteiger partial charge in [0.1, 0.15) is 30.3 Å². The number of likely N-dealkylation sites (tertiary alicyclic amines) is 1. The number of benzene rings is 2. The first kappa shape index (κ1) is 30.3. The van der Waals surface area contributed by atoms with Crippen LogP contribution in [0.1, 0.15) is 88.3 Å². The molecule has 10 heteroatoms. The Bertz CT molecular complexity index is 1730. The summed E-state index contributed by atoms with van der Waals surface area (Å²) in [7, 11) is 1.40. The van der Waals surface area contributed by atoms with E-state index in [4.69, 9.17) is 14.5 Å². The van der Waals surface area contributed by atoms with E-state index in [2.05, 4.69) is 80.9 Å². The molecule has 1 amide bonds. The van der Waals surface area contributed by atoms with Crippen LogP contribution < -0.4 is 10.6 Å². The van der Waals surface area contributed by atoms with Crippen molar-refractivity contribution < 1.29 is 14.3 Å². The number of imidazole rings is 1. The Hall–Kier alpha value is -4.02. The summed E-state index contributed by atoms with van der Waals surface area (Å²) >= 11 is 0. The molecule has 4 aromatic rings. The molecule has 2 aromatic carbocycles. The van der Waals surface area contributed by atoms with Crippen molar-refractivity contribution in [2.45, 2.75) is 100 Å². The molecule has 4 atom stereocenters. The van der Waals surface area contributed by atoms with Crippen LogP contribution in [0.25, 0.3) is 10.9 Å². The van der Waals surface area contributed by atoms with Crippen molar-refractivity contribution in [3.63, 3.8) is 0 Å². The number of H-pyrrole nitrogens is 1. The van der Waals surface area contributed by atoms with Gasteiger partial charge < -0.3 is 25.1 Å². The van der Waals surface area contributed by atoms with Crippen LogP contribution in [0.5, 0.6) is 0 Å². The number of nitrogens with zero attached hydrogens (tertiary/aromatic N) is 4. The zero-order chi connectivity index (χ0) is 32.2. The maximum Gasteiger partial charge on any atom is 0.407 e. The van der Waals surface area contributed by atoms with Crippen LogP contribution in [0.3, 0.4) is 0 Å². The van der Waals surface area contributed by atoms with Crippen LogP contribution in [0.15, 0.2) is 61.1 Å². The second kappa shape index (κ2) is 11.9. The number of methoxy groups -OCH3 is 1. The molecule has 246 valence electrons. The van der Waals surface area contributed by atoms with E-state index in [-0.39, 0.29) is 41.2 Å². The van der Waals surface area contributed by atoms with Crippen LogP contribution in [0.2, 0.25) is 0 Å². The average Bonchev–Trinajstić information content (AvgIpc) is 3.46. The lowest BCUT2D eigenvalue weighted by atomic mass is 9.51. The summed E-state index contributed by atoms with van der Waals surface area (Å²) < 4.78 is 11.1. The number of carbonyl (C=O) groups is 1. The van der Waals surface area contributed by atoms with Crippen molar-refractivity contribution in [1.82, 2.24) is 30.2 Å². The number of aromatic amines is 1. The van der Waals surface area contributed by atoms with Gasteiger partial charge in [-0.15, -0.1) is 0 Å². The van der Waals surface area contributed by atoms with E-state index in [9.17, 15) is 4.79 Å². The third-order valence-corrected chi connectivity index (χ3v) is 11.7. The van der Waals surface area contributed by atoms with E-state index in [1.165, 1.54) is 37.6 Å². The first-order valence-corrected chi connectivity index (χ1v) is 17.3. The fourth-order valence-corrected chi connectivity index (χ4v) is 8.80. The van der Waals surface area contributed by atoms with Crippen LogP contribution in [-0.2, 0) is 20.3 Å². The summed E-state index contributed by atoms with van der Waals surface area (Å²) in [4.78, 5) is 32.5. The fourth-order valence-electron chi connectivity index (χ4n) is 8.80. The number of rotatable bonds is 9.